The topological polar surface area (TPSA) is 74.5 Å². The van der Waals surface area contributed by atoms with E-state index in [-0.39, 0.29) is 11.4 Å². The van der Waals surface area contributed by atoms with Gasteiger partial charge in [0, 0.05) is 31.7 Å². The molecule has 0 aliphatic carbocycles. The molecule has 0 radical (unpaired) electrons. The van der Waals surface area contributed by atoms with Crippen molar-refractivity contribution < 1.29 is 4.79 Å². The lowest BCUT2D eigenvalue weighted by atomic mass is 10.1. The maximum Gasteiger partial charge on any atom is 0.234 e. The van der Waals surface area contributed by atoms with Crippen LogP contribution >= 0.6 is 0 Å². The van der Waals surface area contributed by atoms with Crippen LogP contribution in [0.3, 0.4) is 0 Å². The van der Waals surface area contributed by atoms with Gasteiger partial charge in [0.05, 0.1) is 18.4 Å². The minimum atomic E-state index is -0.172. The molecule has 0 saturated carbocycles. The third-order valence-corrected chi connectivity index (χ3v) is 3.39. The van der Waals surface area contributed by atoms with Gasteiger partial charge in [0.1, 0.15) is 5.82 Å². The third-order valence-electron chi connectivity index (χ3n) is 3.39. The highest BCUT2D eigenvalue weighted by Gasteiger charge is 2.21. The Balaban J connectivity index is 1.80. The number of piperazine rings is 1. The van der Waals surface area contributed by atoms with Crippen molar-refractivity contribution >= 4 is 17.4 Å². The number of hydrogen-bond donors (Lipinski definition) is 2. The van der Waals surface area contributed by atoms with Crippen LogP contribution in [0.4, 0.5) is 11.5 Å². The molecule has 21 heavy (non-hydrogen) atoms. The highest BCUT2D eigenvalue weighted by atomic mass is 16.2. The fourth-order valence-electron chi connectivity index (χ4n) is 2.41. The van der Waals surface area contributed by atoms with Crippen LogP contribution in [0.15, 0.2) is 18.3 Å². The van der Waals surface area contributed by atoms with Crippen LogP contribution in [-0.4, -0.2) is 54.1 Å². The molecule has 3 N–H and O–H groups in total. The molecule has 1 aromatic rings. The van der Waals surface area contributed by atoms with Crippen LogP contribution in [0.5, 0.6) is 0 Å². The van der Waals surface area contributed by atoms with E-state index in [0.717, 1.165) is 31.9 Å². The number of hydrogen-bond acceptors (Lipinski definition) is 5. The lowest BCUT2D eigenvalue weighted by molar-refractivity contribution is -0.123. The number of carbonyl (C=O) groups excluding carboxylic acids is 1. The van der Waals surface area contributed by atoms with E-state index < -0.39 is 0 Å². The van der Waals surface area contributed by atoms with Crippen molar-refractivity contribution in [3.8, 4) is 0 Å². The molecule has 1 aliphatic heterocycles. The van der Waals surface area contributed by atoms with Crippen molar-refractivity contribution in [1.82, 2.24) is 15.2 Å². The fourth-order valence-corrected chi connectivity index (χ4v) is 2.41. The number of amides is 1. The van der Waals surface area contributed by atoms with Gasteiger partial charge in [-0.3, -0.25) is 9.69 Å². The van der Waals surface area contributed by atoms with E-state index in [1.54, 1.807) is 6.20 Å². The monoisotopic (exact) mass is 291 g/mol. The predicted octanol–water partition coefficient (Wildman–Crippen LogP) is 0.701. The van der Waals surface area contributed by atoms with Crippen LogP contribution in [-0.2, 0) is 4.79 Å². The highest BCUT2D eigenvalue weighted by Crippen LogP contribution is 2.16. The summed E-state index contributed by atoms with van der Waals surface area (Å²) in [7, 11) is 0. The highest BCUT2D eigenvalue weighted by molar-refractivity contribution is 5.78. The smallest absolute Gasteiger partial charge is 0.234 e. The average molecular weight is 291 g/mol. The summed E-state index contributed by atoms with van der Waals surface area (Å²) in [5, 5.41) is 3.00. The molecule has 0 unspecified atom stereocenters. The molecule has 1 fully saturated rings. The molecule has 0 atom stereocenters. The zero-order valence-electron chi connectivity index (χ0n) is 13.1. The van der Waals surface area contributed by atoms with Gasteiger partial charge < -0.3 is 16.0 Å². The van der Waals surface area contributed by atoms with Crippen LogP contribution in [0.1, 0.15) is 20.8 Å². The van der Waals surface area contributed by atoms with Gasteiger partial charge in [0.2, 0.25) is 5.91 Å². The lowest BCUT2D eigenvalue weighted by Gasteiger charge is -2.36. The summed E-state index contributed by atoms with van der Waals surface area (Å²) in [5.41, 5.74) is 6.52. The first kappa shape index (κ1) is 15.6. The predicted molar refractivity (Wildman–Crippen MR) is 85.2 cm³/mol. The molecular formula is C15H25N5O. The Hall–Kier alpha value is -1.82. The van der Waals surface area contributed by atoms with E-state index in [0.29, 0.717) is 12.4 Å². The Morgan fingerprint density at radius 1 is 1.29 bits per heavy atom. The van der Waals surface area contributed by atoms with Gasteiger partial charge in [0.25, 0.3) is 0 Å². The molecule has 6 nitrogen and oxygen atoms in total. The van der Waals surface area contributed by atoms with Gasteiger partial charge >= 0.3 is 0 Å². The van der Waals surface area contributed by atoms with E-state index >= 15 is 0 Å². The molecular weight excluding hydrogens is 266 g/mol. The molecule has 6 heteroatoms. The molecule has 0 spiro atoms. The Kier molecular flexibility index (Phi) is 4.67. The summed E-state index contributed by atoms with van der Waals surface area (Å²) in [6, 6.07) is 3.81. The van der Waals surface area contributed by atoms with Crippen LogP contribution in [0.25, 0.3) is 0 Å². The minimum absolute atomic E-state index is 0.0881. The summed E-state index contributed by atoms with van der Waals surface area (Å²) in [6.45, 7) is 10.0. The van der Waals surface area contributed by atoms with Crippen LogP contribution < -0.4 is 16.0 Å². The second kappa shape index (κ2) is 6.30. The normalized spacial score (nSPS) is 16.8. The molecule has 2 heterocycles. The number of pyridine rings is 1. The fraction of sp³-hybridized carbons (Fsp3) is 0.600. The Morgan fingerprint density at radius 3 is 2.48 bits per heavy atom. The molecule has 1 saturated heterocycles. The standard InChI is InChI=1S/C15H25N5O/c1-15(2,3)18-14(21)11-19-6-8-20(9-7-19)12-4-5-13(16)17-10-12/h4-5,10H,6-9,11H2,1-3H3,(H2,16,17)(H,18,21). The van der Waals surface area contributed by atoms with Crippen molar-refractivity contribution in [3.05, 3.63) is 18.3 Å². The van der Waals surface area contributed by atoms with Gasteiger partial charge in [-0.1, -0.05) is 0 Å². The molecule has 0 aromatic carbocycles. The average Bonchev–Trinajstić information content (AvgIpc) is 2.38. The zero-order chi connectivity index (χ0) is 15.5. The summed E-state index contributed by atoms with van der Waals surface area (Å²) >= 11 is 0. The van der Waals surface area contributed by atoms with Crippen LogP contribution in [0, 0.1) is 0 Å². The van der Waals surface area contributed by atoms with Gasteiger partial charge in [0.15, 0.2) is 0 Å². The number of aromatic nitrogens is 1. The second-order valence-corrected chi connectivity index (χ2v) is 6.50. The number of nitrogens with zero attached hydrogens (tertiary/aromatic N) is 3. The van der Waals surface area contributed by atoms with Gasteiger partial charge in [-0.25, -0.2) is 4.98 Å². The van der Waals surface area contributed by atoms with Gasteiger partial charge in [-0.15, -0.1) is 0 Å². The molecule has 1 amide bonds. The van der Waals surface area contributed by atoms with E-state index in [2.05, 4.69) is 20.1 Å². The maximum atomic E-state index is 11.9. The quantitative estimate of drug-likeness (QED) is 0.857. The van der Waals surface area contributed by atoms with Crippen molar-refractivity contribution in [1.29, 1.82) is 0 Å². The molecule has 1 aromatic heterocycles. The first-order chi connectivity index (χ1) is 9.83. The molecule has 1 aliphatic rings. The maximum absolute atomic E-state index is 11.9. The Labute approximate surface area is 126 Å². The van der Waals surface area contributed by atoms with Gasteiger partial charge in [-0.2, -0.15) is 0 Å². The number of nitrogen functional groups attached to an aromatic ring is 1. The van der Waals surface area contributed by atoms with Crippen molar-refractivity contribution in [2.45, 2.75) is 26.3 Å². The van der Waals surface area contributed by atoms with Crippen molar-refractivity contribution in [3.63, 3.8) is 0 Å². The second-order valence-electron chi connectivity index (χ2n) is 6.50. The first-order valence-corrected chi connectivity index (χ1v) is 7.33. The zero-order valence-corrected chi connectivity index (χ0v) is 13.1. The van der Waals surface area contributed by atoms with E-state index in [1.165, 1.54) is 0 Å². The first-order valence-electron chi connectivity index (χ1n) is 7.33. The summed E-state index contributed by atoms with van der Waals surface area (Å²) < 4.78 is 0. The SMILES string of the molecule is CC(C)(C)NC(=O)CN1CCN(c2ccc(N)nc2)CC1. The minimum Gasteiger partial charge on any atom is -0.384 e. The van der Waals surface area contributed by atoms with Gasteiger partial charge in [-0.05, 0) is 32.9 Å². The number of rotatable bonds is 3. The number of anilines is 2. The van der Waals surface area contributed by atoms with E-state index in [9.17, 15) is 4.79 Å². The number of nitrogens with two attached hydrogens (primary N) is 1. The molecule has 2 rings (SSSR count). The largest absolute Gasteiger partial charge is 0.384 e. The van der Waals surface area contributed by atoms with Crippen molar-refractivity contribution in [2.24, 2.45) is 0 Å². The Bertz CT molecular complexity index is 472. The Morgan fingerprint density at radius 2 is 1.95 bits per heavy atom. The summed E-state index contributed by atoms with van der Waals surface area (Å²) in [5.74, 6) is 0.626. The summed E-state index contributed by atoms with van der Waals surface area (Å²) in [6.07, 6.45) is 1.80. The lowest BCUT2D eigenvalue weighted by Crippen LogP contribution is -2.51. The number of carbonyl (C=O) groups is 1. The van der Waals surface area contributed by atoms with E-state index in [1.807, 2.05) is 32.9 Å². The number of nitrogens with one attached hydrogen (secondary N) is 1. The third kappa shape index (κ3) is 4.90. The molecule has 116 valence electrons. The van der Waals surface area contributed by atoms with Crippen LogP contribution in [0.2, 0.25) is 0 Å². The molecule has 0 bridgehead atoms. The van der Waals surface area contributed by atoms with Crippen molar-refractivity contribution in [2.75, 3.05) is 43.4 Å². The van der Waals surface area contributed by atoms with E-state index in [4.69, 9.17) is 5.73 Å². The summed E-state index contributed by atoms with van der Waals surface area (Å²) in [4.78, 5) is 20.5.